The maximum Gasteiger partial charge on any atom is 0.115 e. The summed E-state index contributed by atoms with van der Waals surface area (Å²) in [4.78, 5) is 1.45. The normalized spacial score (nSPS) is 18.7. The van der Waals surface area contributed by atoms with E-state index in [0.29, 0.717) is 17.8 Å². The highest BCUT2D eigenvalue weighted by Crippen LogP contribution is 2.39. The number of aromatic hydroxyl groups is 1. The van der Waals surface area contributed by atoms with Gasteiger partial charge in [0.15, 0.2) is 0 Å². The van der Waals surface area contributed by atoms with Gasteiger partial charge in [-0.3, -0.25) is 0 Å². The molecule has 2 atom stereocenters. The molecule has 0 bridgehead atoms. The van der Waals surface area contributed by atoms with Gasteiger partial charge in [0.05, 0.1) is 4.34 Å². The molecule has 0 radical (unpaired) electrons. The van der Waals surface area contributed by atoms with Crippen LogP contribution in [0.5, 0.6) is 5.75 Å². The van der Waals surface area contributed by atoms with Crippen molar-refractivity contribution in [3.63, 3.8) is 0 Å². The fraction of sp³-hybridized carbons (Fsp3) is 0.412. The van der Waals surface area contributed by atoms with Crippen LogP contribution in [0.1, 0.15) is 41.8 Å². The molecule has 1 aliphatic rings. The first kappa shape index (κ1) is 14.9. The third-order valence-electron chi connectivity index (χ3n) is 4.14. The number of hydrogen-bond donors (Lipinski definition) is 2. The van der Waals surface area contributed by atoms with Crippen molar-refractivity contribution in [1.82, 2.24) is 5.32 Å². The summed E-state index contributed by atoms with van der Waals surface area (Å²) < 4.78 is 0.906. The molecule has 0 spiro atoms. The minimum atomic E-state index is 0.331. The van der Waals surface area contributed by atoms with E-state index in [2.05, 4.69) is 18.3 Å². The van der Waals surface area contributed by atoms with Gasteiger partial charge in [-0.15, -0.1) is 11.3 Å². The zero-order valence-corrected chi connectivity index (χ0v) is 13.7. The molecule has 0 saturated carbocycles. The second kappa shape index (κ2) is 6.39. The van der Waals surface area contributed by atoms with Gasteiger partial charge in [-0.1, -0.05) is 23.7 Å². The number of rotatable bonds is 5. The number of hydrogen-bond acceptors (Lipinski definition) is 3. The molecule has 1 heterocycles. The molecule has 21 heavy (non-hydrogen) atoms. The van der Waals surface area contributed by atoms with E-state index >= 15 is 0 Å². The lowest BCUT2D eigenvalue weighted by Gasteiger charge is -2.20. The van der Waals surface area contributed by atoms with E-state index in [4.69, 9.17) is 11.6 Å². The molecule has 1 aromatic carbocycles. The SMILES string of the molecule is CC(CCc1ccc(O)cc1)NC1CCc2sc(Cl)cc21. The van der Waals surface area contributed by atoms with Gasteiger partial charge in [-0.05, 0) is 61.9 Å². The molecular weight excluding hydrogens is 302 g/mol. The number of thiophene rings is 1. The average molecular weight is 322 g/mol. The summed E-state index contributed by atoms with van der Waals surface area (Å²) in [5.41, 5.74) is 2.67. The minimum Gasteiger partial charge on any atom is -0.508 e. The summed E-state index contributed by atoms with van der Waals surface area (Å²) in [6.07, 6.45) is 4.45. The van der Waals surface area contributed by atoms with Crippen molar-refractivity contribution in [2.75, 3.05) is 0 Å². The first-order chi connectivity index (χ1) is 10.1. The highest BCUT2D eigenvalue weighted by atomic mass is 35.5. The van der Waals surface area contributed by atoms with Crippen LogP contribution >= 0.6 is 22.9 Å². The largest absolute Gasteiger partial charge is 0.508 e. The fourth-order valence-electron chi connectivity index (χ4n) is 2.98. The van der Waals surface area contributed by atoms with Gasteiger partial charge in [0, 0.05) is 17.0 Å². The van der Waals surface area contributed by atoms with Gasteiger partial charge in [0.1, 0.15) is 5.75 Å². The average Bonchev–Trinajstić information content (AvgIpc) is 2.99. The summed E-state index contributed by atoms with van der Waals surface area (Å²) in [6.45, 7) is 2.24. The van der Waals surface area contributed by atoms with Gasteiger partial charge >= 0.3 is 0 Å². The fourth-order valence-corrected chi connectivity index (χ4v) is 4.33. The lowest BCUT2D eigenvalue weighted by molar-refractivity contribution is 0.434. The van der Waals surface area contributed by atoms with Crippen molar-refractivity contribution in [3.05, 3.63) is 50.7 Å². The molecule has 2 nitrogen and oxygen atoms in total. The van der Waals surface area contributed by atoms with Crippen LogP contribution in [-0.4, -0.2) is 11.1 Å². The predicted molar refractivity (Wildman–Crippen MR) is 89.4 cm³/mol. The lowest BCUT2D eigenvalue weighted by atomic mass is 10.0. The van der Waals surface area contributed by atoms with Crippen LogP contribution in [0.4, 0.5) is 0 Å². The van der Waals surface area contributed by atoms with Gasteiger partial charge in [0.2, 0.25) is 0 Å². The summed E-state index contributed by atoms with van der Waals surface area (Å²) in [5, 5.41) is 13.0. The number of benzene rings is 1. The molecule has 2 N–H and O–H groups in total. The van der Waals surface area contributed by atoms with Crippen LogP contribution < -0.4 is 5.32 Å². The van der Waals surface area contributed by atoms with Gasteiger partial charge in [-0.2, -0.15) is 0 Å². The smallest absolute Gasteiger partial charge is 0.115 e. The van der Waals surface area contributed by atoms with Crippen LogP contribution in [0.25, 0.3) is 0 Å². The van der Waals surface area contributed by atoms with E-state index in [1.165, 1.54) is 22.4 Å². The Labute approximate surface area is 134 Å². The molecular formula is C17H20ClNOS. The highest BCUT2D eigenvalue weighted by molar-refractivity contribution is 7.16. The summed E-state index contributed by atoms with van der Waals surface area (Å²) in [5.74, 6) is 0.331. The van der Waals surface area contributed by atoms with Crippen LogP contribution in [0, 0.1) is 0 Å². The van der Waals surface area contributed by atoms with Gasteiger partial charge in [0.25, 0.3) is 0 Å². The molecule has 3 rings (SSSR count). The number of phenolic OH excluding ortho intramolecular Hbond substituents is 1. The van der Waals surface area contributed by atoms with E-state index in [9.17, 15) is 5.11 Å². The van der Waals surface area contributed by atoms with Crippen molar-refractivity contribution in [2.45, 2.75) is 44.7 Å². The van der Waals surface area contributed by atoms with Crippen LogP contribution in [0.2, 0.25) is 4.34 Å². The van der Waals surface area contributed by atoms with Gasteiger partial charge < -0.3 is 10.4 Å². The molecule has 4 heteroatoms. The minimum absolute atomic E-state index is 0.331. The Morgan fingerprint density at radius 3 is 2.90 bits per heavy atom. The number of nitrogens with one attached hydrogen (secondary N) is 1. The molecule has 0 saturated heterocycles. The maximum absolute atomic E-state index is 9.30. The molecule has 0 fully saturated rings. The lowest BCUT2D eigenvalue weighted by Crippen LogP contribution is -2.29. The van der Waals surface area contributed by atoms with Crippen molar-refractivity contribution in [3.8, 4) is 5.75 Å². The Hall–Kier alpha value is -1.03. The monoisotopic (exact) mass is 321 g/mol. The van der Waals surface area contributed by atoms with Crippen molar-refractivity contribution in [2.24, 2.45) is 0 Å². The van der Waals surface area contributed by atoms with Crippen molar-refractivity contribution < 1.29 is 5.11 Å². The molecule has 2 unspecified atom stereocenters. The zero-order chi connectivity index (χ0) is 14.8. The third kappa shape index (κ3) is 3.60. The maximum atomic E-state index is 9.30. The number of phenols is 1. The van der Waals surface area contributed by atoms with E-state index < -0.39 is 0 Å². The molecule has 112 valence electrons. The van der Waals surface area contributed by atoms with Crippen molar-refractivity contribution in [1.29, 1.82) is 0 Å². The summed E-state index contributed by atoms with van der Waals surface area (Å²) >= 11 is 7.83. The quantitative estimate of drug-likeness (QED) is 0.836. The second-order valence-electron chi connectivity index (χ2n) is 5.79. The number of halogens is 1. The van der Waals surface area contributed by atoms with Crippen LogP contribution in [-0.2, 0) is 12.8 Å². The zero-order valence-electron chi connectivity index (χ0n) is 12.1. The highest BCUT2D eigenvalue weighted by Gasteiger charge is 2.25. The Bertz CT molecular complexity index is 608. The molecule has 1 aromatic heterocycles. The van der Waals surface area contributed by atoms with E-state index in [0.717, 1.165) is 23.6 Å². The Morgan fingerprint density at radius 2 is 2.14 bits per heavy atom. The molecule has 0 amide bonds. The summed E-state index contributed by atoms with van der Waals surface area (Å²) in [7, 11) is 0. The van der Waals surface area contributed by atoms with Crippen LogP contribution in [0.3, 0.4) is 0 Å². The Kier molecular flexibility index (Phi) is 4.53. The Morgan fingerprint density at radius 1 is 1.38 bits per heavy atom. The molecule has 2 aromatic rings. The van der Waals surface area contributed by atoms with E-state index in [1.807, 2.05) is 12.1 Å². The second-order valence-corrected chi connectivity index (χ2v) is 7.56. The number of aryl methyl sites for hydroxylation is 2. The predicted octanol–water partition coefficient (Wildman–Crippen LogP) is 4.71. The standard InChI is InChI=1S/C17H20ClNOS/c1-11(2-3-12-4-6-13(20)7-5-12)19-15-8-9-16-14(15)10-17(18)21-16/h4-7,10-11,15,19-20H,2-3,8-9H2,1H3. The van der Waals surface area contributed by atoms with Crippen molar-refractivity contribution >= 4 is 22.9 Å². The van der Waals surface area contributed by atoms with Crippen LogP contribution in [0.15, 0.2) is 30.3 Å². The molecule has 0 aliphatic heterocycles. The van der Waals surface area contributed by atoms with E-state index in [-0.39, 0.29) is 0 Å². The van der Waals surface area contributed by atoms with Gasteiger partial charge in [-0.25, -0.2) is 0 Å². The first-order valence-corrected chi connectivity index (χ1v) is 8.63. The number of fused-ring (bicyclic) bond motifs is 1. The molecule has 1 aliphatic carbocycles. The third-order valence-corrected chi connectivity index (χ3v) is 5.47. The summed E-state index contributed by atoms with van der Waals surface area (Å²) in [6, 6.07) is 10.5. The Balaban J connectivity index is 1.53. The topological polar surface area (TPSA) is 32.3 Å². The first-order valence-electron chi connectivity index (χ1n) is 7.44. The van der Waals surface area contributed by atoms with E-state index in [1.54, 1.807) is 23.5 Å².